The Labute approximate surface area is 373 Å². The third kappa shape index (κ3) is 9.31. The molecule has 0 unspecified atom stereocenters. The van der Waals surface area contributed by atoms with Crippen LogP contribution in [-0.4, -0.2) is 0 Å². The fourth-order valence-corrected chi connectivity index (χ4v) is 10.3. The van der Waals surface area contributed by atoms with Crippen LogP contribution in [0.3, 0.4) is 0 Å². The first-order valence-corrected chi connectivity index (χ1v) is 19.7. The van der Waals surface area contributed by atoms with Crippen molar-refractivity contribution in [3.8, 4) is 0 Å². The van der Waals surface area contributed by atoms with Gasteiger partial charge in [0, 0.05) is 15.8 Å². The minimum atomic E-state index is -4.90. The van der Waals surface area contributed by atoms with Gasteiger partial charge in [0.2, 0.25) is 34.9 Å². The molecule has 0 fully saturated rings. The summed E-state index contributed by atoms with van der Waals surface area (Å²) >= 11 is 0. The van der Waals surface area contributed by atoms with Crippen molar-refractivity contribution in [1.82, 2.24) is 0 Å². The Bertz CT molecular complexity index is 2490. The predicted octanol–water partition coefficient (Wildman–Crippen LogP) is 12.3. The Balaban J connectivity index is 0.000000292. The number of hydrogen-bond acceptors (Lipinski definition) is 0. The highest BCUT2D eigenvalue weighted by Crippen LogP contribution is 2.44. The Morgan fingerprint density at radius 2 is 0.239 bits per heavy atom. The van der Waals surface area contributed by atoms with Gasteiger partial charge < -0.3 is 0 Å². The van der Waals surface area contributed by atoms with Crippen molar-refractivity contribution in [2.45, 2.75) is 6.92 Å². The molecule has 382 valence electrons. The minimum Gasteiger partial charge on any atom is -0.203 e. The van der Waals surface area contributed by atoms with Crippen LogP contribution in [0.2, 0.25) is 0 Å². The van der Waals surface area contributed by atoms with E-state index < -0.39 is 222 Å². The molecule has 0 amide bonds. The Hall–Kier alpha value is -6.18. The van der Waals surface area contributed by atoms with E-state index in [2.05, 4.69) is 6.58 Å². The van der Waals surface area contributed by atoms with E-state index in [9.17, 15) is 132 Å². The van der Waals surface area contributed by atoms with Gasteiger partial charge in [0.15, 0.2) is 140 Å². The van der Waals surface area contributed by atoms with E-state index in [0.717, 1.165) is 0 Å². The summed E-state index contributed by atoms with van der Waals surface area (Å²) in [5.74, 6) is -89.8. The first kappa shape index (κ1) is 57.4. The Morgan fingerprint density at radius 1 is 0.183 bits per heavy atom. The van der Waals surface area contributed by atoms with Crippen LogP contribution >= 0.6 is 15.8 Å². The first-order valence-electron chi connectivity index (χ1n) is 17.0. The fourth-order valence-electron chi connectivity index (χ4n) is 5.41. The van der Waals surface area contributed by atoms with Crippen LogP contribution in [-0.2, 0) is 0 Å². The zero-order valence-electron chi connectivity index (χ0n) is 32.5. The maximum atomic E-state index is 14.4. The molecule has 71 heavy (non-hydrogen) atoms. The molecule has 0 saturated carbocycles. The lowest BCUT2D eigenvalue weighted by Gasteiger charge is -2.23. The average molecular weight is 1110 g/mol. The van der Waals surface area contributed by atoms with Crippen LogP contribution in [0, 0.1) is 175 Å². The van der Waals surface area contributed by atoms with Gasteiger partial charge in [-0.25, -0.2) is 132 Å². The van der Waals surface area contributed by atoms with Crippen molar-refractivity contribution < 1.29 is 132 Å². The van der Waals surface area contributed by atoms with Gasteiger partial charge in [-0.05, 0) is 6.92 Å². The van der Waals surface area contributed by atoms with Gasteiger partial charge in [0.25, 0.3) is 0 Å². The third-order valence-corrected chi connectivity index (χ3v) is 13.5. The van der Waals surface area contributed by atoms with Gasteiger partial charge in [-0.1, -0.05) is 6.08 Å². The van der Waals surface area contributed by atoms with E-state index in [1.54, 1.807) is 6.08 Å². The molecule has 0 spiro atoms. The maximum Gasteiger partial charge on any atom is 0.200 e. The SMILES string of the molecule is C=CC.Fc1c(F)c(F)c(P(c2c(F)c(F)c(F)c(F)c2F)c2c(F)c(F)c(F)c(F)c2F)c(F)c1F.Fc1c(F)c(F)c(P(c2c(F)c(F)c(F)c(F)c2F)c2c(F)c(F)c(F)c(F)c2F)c(F)c1F. The van der Waals surface area contributed by atoms with Gasteiger partial charge >= 0.3 is 0 Å². The highest BCUT2D eigenvalue weighted by atomic mass is 31.1. The van der Waals surface area contributed by atoms with Gasteiger partial charge in [0.05, 0.1) is 31.8 Å². The summed E-state index contributed by atoms with van der Waals surface area (Å²) in [6.45, 7) is 5.25. The van der Waals surface area contributed by atoms with Crippen LogP contribution in [0.4, 0.5) is 132 Å². The van der Waals surface area contributed by atoms with E-state index in [4.69, 9.17) is 0 Å². The predicted molar refractivity (Wildman–Crippen MR) is 185 cm³/mol. The van der Waals surface area contributed by atoms with Crippen LogP contribution in [0.5, 0.6) is 0 Å². The molecule has 0 atom stereocenters. The highest BCUT2D eigenvalue weighted by Gasteiger charge is 2.45. The second kappa shape index (κ2) is 21.3. The normalized spacial score (nSPS) is 11.3. The molecule has 6 aromatic carbocycles. The third-order valence-electron chi connectivity index (χ3n) is 8.46. The van der Waals surface area contributed by atoms with Gasteiger partial charge in [-0.3, -0.25) is 0 Å². The van der Waals surface area contributed by atoms with Crippen molar-refractivity contribution in [3.63, 3.8) is 0 Å². The molecule has 32 heteroatoms. The summed E-state index contributed by atoms with van der Waals surface area (Å²) in [5, 5.41) is -15.7. The summed E-state index contributed by atoms with van der Waals surface area (Å²) in [6, 6.07) is 0. The smallest absolute Gasteiger partial charge is 0.200 e. The lowest BCUT2D eigenvalue weighted by molar-refractivity contribution is 0.381. The second-order valence-electron chi connectivity index (χ2n) is 12.6. The minimum absolute atomic E-state index is 1.75. The van der Waals surface area contributed by atoms with Crippen molar-refractivity contribution in [3.05, 3.63) is 187 Å². The number of rotatable bonds is 6. The maximum absolute atomic E-state index is 14.4. The number of halogens is 30. The van der Waals surface area contributed by atoms with E-state index >= 15 is 0 Å². The molecule has 0 radical (unpaired) electrons. The van der Waals surface area contributed by atoms with E-state index in [-0.39, 0.29) is 0 Å². The van der Waals surface area contributed by atoms with Gasteiger partial charge in [-0.15, -0.1) is 6.58 Å². The second-order valence-corrected chi connectivity index (χ2v) is 16.6. The molecule has 0 aliphatic heterocycles. The zero-order valence-corrected chi connectivity index (χ0v) is 34.3. The lowest BCUT2D eigenvalue weighted by Crippen LogP contribution is -2.36. The van der Waals surface area contributed by atoms with Gasteiger partial charge in [0.1, 0.15) is 0 Å². The number of benzene rings is 6. The molecule has 0 nitrogen and oxygen atoms in total. The molecule has 0 N–H and O–H groups in total. The van der Waals surface area contributed by atoms with Crippen LogP contribution in [0.15, 0.2) is 12.7 Å². The van der Waals surface area contributed by atoms with Crippen molar-refractivity contribution >= 4 is 47.7 Å². The van der Waals surface area contributed by atoms with Crippen molar-refractivity contribution in [1.29, 1.82) is 0 Å². The van der Waals surface area contributed by atoms with Crippen molar-refractivity contribution in [2.75, 3.05) is 0 Å². The summed E-state index contributed by atoms with van der Waals surface area (Å²) in [4.78, 5) is 0. The number of allylic oxidation sites excluding steroid dienone is 1. The van der Waals surface area contributed by atoms with Gasteiger partial charge in [-0.2, -0.15) is 0 Å². The highest BCUT2D eigenvalue weighted by molar-refractivity contribution is 7.80. The molecule has 0 aromatic heterocycles. The molecule has 6 rings (SSSR count). The molecule has 0 bridgehead atoms. The molecule has 6 aromatic rings. The van der Waals surface area contributed by atoms with E-state index in [1.165, 1.54) is 0 Å². The van der Waals surface area contributed by atoms with Crippen LogP contribution in [0.1, 0.15) is 6.92 Å². The lowest BCUT2D eigenvalue weighted by atomic mass is 10.3. The first-order chi connectivity index (χ1) is 32.7. The van der Waals surface area contributed by atoms with Crippen molar-refractivity contribution in [2.24, 2.45) is 0 Å². The standard InChI is InChI=1S/2C18F15P.C3H6/c2*19-1-4(22)10(28)16(11(29)5(1)23)34(17-12(30)6(24)2(20)7(25)13(17)31)18-14(32)8(26)3(21)9(27)15(18)33;1-3-2/h;;3H,1H2,2H3. The van der Waals surface area contributed by atoms with E-state index in [0.29, 0.717) is 0 Å². The zero-order chi connectivity index (χ0) is 54.6. The summed E-state index contributed by atoms with van der Waals surface area (Å²) in [6.07, 6.45) is 1.75. The van der Waals surface area contributed by atoms with E-state index in [1.807, 2.05) is 6.92 Å². The monoisotopic (exact) mass is 1110 g/mol. The molecule has 0 heterocycles. The summed E-state index contributed by atoms with van der Waals surface area (Å²) < 4.78 is 417. The number of hydrogen-bond donors (Lipinski definition) is 0. The molecular weight excluding hydrogens is 1100 g/mol. The Morgan fingerprint density at radius 3 is 0.310 bits per heavy atom. The fraction of sp³-hybridized carbons (Fsp3) is 0.0256. The quantitative estimate of drug-likeness (QED) is 0.0513. The van der Waals surface area contributed by atoms with Crippen LogP contribution in [0.25, 0.3) is 0 Å². The Kier molecular flexibility index (Phi) is 17.2. The molecule has 0 saturated heterocycles. The van der Waals surface area contributed by atoms with Crippen LogP contribution < -0.4 is 31.8 Å². The molecule has 0 aliphatic carbocycles. The summed E-state index contributed by atoms with van der Waals surface area (Å²) in [7, 11) is -9.79. The average Bonchev–Trinajstić information content (AvgIpc) is 3.34. The molecule has 0 aliphatic rings. The summed E-state index contributed by atoms with van der Waals surface area (Å²) in [5.41, 5.74) is 0. The topological polar surface area (TPSA) is 0 Å². The largest absolute Gasteiger partial charge is 0.203 e. The molecular formula is C39H6F30P2.